The molecule has 1 aromatic heterocycles. The first-order chi connectivity index (χ1) is 13.8. The van der Waals surface area contributed by atoms with Gasteiger partial charge in [-0.25, -0.2) is 0 Å². The maximum absolute atomic E-state index is 12.5. The second kappa shape index (κ2) is 8.67. The highest BCUT2D eigenvalue weighted by atomic mass is 16.5. The molecule has 4 rings (SSSR count). The number of hydrogen-bond acceptors (Lipinski definition) is 4. The summed E-state index contributed by atoms with van der Waals surface area (Å²) < 4.78 is 6.30. The summed E-state index contributed by atoms with van der Waals surface area (Å²) in [6.45, 7) is 2.13. The van der Waals surface area contributed by atoms with Crippen LogP contribution in [0.4, 0.5) is 0 Å². The van der Waals surface area contributed by atoms with E-state index in [0.29, 0.717) is 26.2 Å². The average molecular weight is 373 g/mol. The average Bonchev–Trinajstić information content (AvgIpc) is 2.92. The number of ether oxygens (including phenoxy) is 1. The van der Waals surface area contributed by atoms with Crippen LogP contribution in [0.5, 0.6) is 5.75 Å². The molecular weight excluding hydrogens is 350 g/mol. The number of rotatable bonds is 5. The number of nitrogens with one attached hydrogen (secondary N) is 1. The lowest BCUT2D eigenvalue weighted by Gasteiger charge is -2.23. The molecule has 1 unspecified atom stereocenters. The van der Waals surface area contributed by atoms with Gasteiger partial charge in [-0.1, -0.05) is 54.6 Å². The third kappa shape index (κ3) is 4.56. The summed E-state index contributed by atoms with van der Waals surface area (Å²) in [6.07, 6.45) is 3.38. The van der Waals surface area contributed by atoms with Gasteiger partial charge in [0.25, 0.3) is 0 Å². The second-order valence-electron chi connectivity index (χ2n) is 6.93. The van der Waals surface area contributed by atoms with Crippen molar-refractivity contribution < 1.29 is 9.53 Å². The molecule has 5 nitrogen and oxygen atoms in total. The van der Waals surface area contributed by atoms with E-state index in [1.807, 2.05) is 48.5 Å². The van der Waals surface area contributed by atoms with Crippen molar-refractivity contribution in [3.8, 4) is 5.75 Å². The summed E-state index contributed by atoms with van der Waals surface area (Å²) in [5.74, 6) is 0.879. The topological polar surface area (TPSA) is 54.5 Å². The van der Waals surface area contributed by atoms with Crippen molar-refractivity contribution in [3.05, 3.63) is 95.8 Å². The van der Waals surface area contributed by atoms with Gasteiger partial charge in [0.15, 0.2) is 0 Å². The summed E-state index contributed by atoms with van der Waals surface area (Å²) in [6, 6.07) is 22.0. The zero-order chi connectivity index (χ0) is 19.2. The van der Waals surface area contributed by atoms with Gasteiger partial charge in [0.2, 0.25) is 5.91 Å². The van der Waals surface area contributed by atoms with Crippen molar-refractivity contribution in [3.63, 3.8) is 0 Å². The Kier molecular flexibility index (Phi) is 5.64. The number of aromatic nitrogens is 1. The molecule has 1 atom stereocenters. The Bertz CT molecular complexity index is 915. The van der Waals surface area contributed by atoms with Crippen LogP contribution in [0.2, 0.25) is 0 Å². The van der Waals surface area contributed by atoms with Crippen molar-refractivity contribution >= 4 is 5.91 Å². The highest BCUT2D eigenvalue weighted by Gasteiger charge is 2.25. The summed E-state index contributed by atoms with van der Waals surface area (Å²) in [4.78, 5) is 18.8. The van der Waals surface area contributed by atoms with Gasteiger partial charge < -0.3 is 10.1 Å². The fraction of sp³-hybridized carbons (Fsp3) is 0.217. The molecule has 0 aliphatic carbocycles. The quantitative estimate of drug-likeness (QED) is 0.745. The number of pyridine rings is 1. The highest BCUT2D eigenvalue weighted by molar-refractivity contribution is 5.78. The third-order valence-electron chi connectivity index (χ3n) is 4.81. The number of carbonyl (C=O) groups excluding carboxylic acids is 1. The Labute approximate surface area is 165 Å². The molecule has 0 saturated carbocycles. The maximum Gasteiger partial charge on any atom is 0.234 e. The van der Waals surface area contributed by atoms with Gasteiger partial charge in [-0.3, -0.25) is 14.7 Å². The van der Waals surface area contributed by atoms with E-state index in [0.717, 1.165) is 22.4 Å². The largest absolute Gasteiger partial charge is 0.484 e. The van der Waals surface area contributed by atoms with Crippen LogP contribution in [0, 0.1) is 0 Å². The molecule has 0 saturated heterocycles. The van der Waals surface area contributed by atoms with Gasteiger partial charge in [0, 0.05) is 37.6 Å². The Morgan fingerprint density at radius 3 is 2.71 bits per heavy atom. The molecule has 2 heterocycles. The predicted octanol–water partition coefficient (Wildman–Crippen LogP) is 3.33. The van der Waals surface area contributed by atoms with E-state index < -0.39 is 0 Å². The Morgan fingerprint density at radius 1 is 1.07 bits per heavy atom. The summed E-state index contributed by atoms with van der Waals surface area (Å²) in [5, 5.41) is 2.98. The predicted molar refractivity (Wildman–Crippen MR) is 108 cm³/mol. The highest BCUT2D eigenvalue weighted by Crippen LogP contribution is 2.30. The van der Waals surface area contributed by atoms with E-state index in [9.17, 15) is 4.79 Å². The normalized spacial score (nSPS) is 16.5. The van der Waals surface area contributed by atoms with E-state index in [1.54, 1.807) is 12.4 Å². The van der Waals surface area contributed by atoms with E-state index in [-0.39, 0.29) is 12.0 Å². The van der Waals surface area contributed by atoms with Gasteiger partial charge >= 0.3 is 0 Å². The minimum absolute atomic E-state index is 0.00459. The number of hydrogen-bond donors (Lipinski definition) is 1. The Hall–Kier alpha value is -3.18. The molecular formula is C23H23N3O2. The van der Waals surface area contributed by atoms with E-state index in [1.165, 1.54) is 0 Å². The molecule has 142 valence electrons. The van der Waals surface area contributed by atoms with E-state index >= 15 is 0 Å². The van der Waals surface area contributed by atoms with E-state index in [2.05, 4.69) is 33.4 Å². The molecule has 1 amide bonds. The molecule has 0 spiro atoms. The van der Waals surface area contributed by atoms with Crippen molar-refractivity contribution in [1.82, 2.24) is 15.2 Å². The van der Waals surface area contributed by atoms with Crippen LogP contribution in [-0.4, -0.2) is 28.9 Å². The van der Waals surface area contributed by atoms with Crippen LogP contribution in [0.3, 0.4) is 0 Å². The first-order valence-electron chi connectivity index (χ1n) is 9.45. The number of carbonyl (C=O) groups is 1. The van der Waals surface area contributed by atoms with Crippen LogP contribution < -0.4 is 10.1 Å². The SMILES string of the molecule is O=C(CN1Cc2ccccc2OC(c2ccccc2)C1)NCc1cccnc1. The summed E-state index contributed by atoms with van der Waals surface area (Å²) in [5.41, 5.74) is 3.20. The molecule has 1 N–H and O–H groups in total. The monoisotopic (exact) mass is 373 g/mol. The minimum atomic E-state index is -0.115. The number of benzene rings is 2. The van der Waals surface area contributed by atoms with Gasteiger partial charge in [0.1, 0.15) is 11.9 Å². The molecule has 3 aromatic rings. The zero-order valence-corrected chi connectivity index (χ0v) is 15.6. The first kappa shape index (κ1) is 18.2. The lowest BCUT2D eigenvalue weighted by molar-refractivity contribution is -0.122. The first-order valence-corrected chi connectivity index (χ1v) is 9.45. The molecule has 5 heteroatoms. The van der Waals surface area contributed by atoms with Gasteiger partial charge in [-0.15, -0.1) is 0 Å². The van der Waals surface area contributed by atoms with E-state index in [4.69, 9.17) is 4.74 Å². The standard InChI is InChI=1S/C23H23N3O2/c27-23(25-14-18-7-6-12-24-13-18)17-26-15-20-10-4-5-11-21(20)28-22(16-26)19-8-2-1-3-9-19/h1-13,22H,14-17H2,(H,25,27). The van der Waals surface area contributed by atoms with Gasteiger partial charge in [-0.2, -0.15) is 0 Å². The number of amides is 1. The molecule has 0 bridgehead atoms. The maximum atomic E-state index is 12.5. The van der Waals surface area contributed by atoms with Crippen LogP contribution >= 0.6 is 0 Å². The molecule has 2 aromatic carbocycles. The van der Waals surface area contributed by atoms with Crippen LogP contribution in [-0.2, 0) is 17.9 Å². The summed E-state index contributed by atoms with van der Waals surface area (Å²) >= 11 is 0. The van der Waals surface area contributed by atoms with Crippen LogP contribution in [0.15, 0.2) is 79.1 Å². The Balaban J connectivity index is 1.47. The lowest BCUT2D eigenvalue weighted by atomic mass is 10.1. The Morgan fingerprint density at radius 2 is 1.89 bits per heavy atom. The number of fused-ring (bicyclic) bond motifs is 1. The molecule has 0 fully saturated rings. The van der Waals surface area contributed by atoms with Crippen molar-refractivity contribution in [2.24, 2.45) is 0 Å². The molecule has 0 radical (unpaired) electrons. The fourth-order valence-electron chi connectivity index (χ4n) is 3.40. The van der Waals surface area contributed by atoms with Crippen molar-refractivity contribution in [2.45, 2.75) is 19.2 Å². The van der Waals surface area contributed by atoms with Crippen molar-refractivity contribution in [2.75, 3.05) is 13.1 Å². The second-order valence-corrected chi connectivity index (χ2v) is 6.93. The summed E-state index contributed by atoms with van der Waals surface area (Å²) in [7, 11) is 0. The lowest BCUT2D eigenvalue weighted by Crippen LogP contribution is -2.38. The fourth-order valence-corrected chi connectivity index (χ4v) is 3.40. The third-order valence-corrected chi connectivity index (χ3v) is 4.81. The zero-order valence-electron chi connectivity index (χ0n) is 15.6. The molecule has 1 aliphatic heterocycles. The smallest absolute Gasteiger partial charge is 0.234 e. The van der Waals surface area contributed by atoms with Gasteiger partial charge in [-0.05, 0) is 23.3 Å². The van der Waals surface area contributed by atoms with Crippen molar-refractivity contribution in [1.29, 1.82) is 0 Å². The minimum Gasteiger partial charge on any atom is -0.484 e. The van der Waals surface area contributed by atoms with Crippen LogP contribution in [0.1, 0.15) is 22.8 Å². The van der Waals surface area contributed by atoms with Crippen LogP contribution in [0.25, 0.3) is 0 Å². The number of para-hydroxylation sites is 1. The van der Waals surface area contributed by atoms with Gasteiger partial charge in [0.05, 0.1) is 6.54 Å². The number of nitrogens with zero attached hydrogens (tertiary/aromatic N) is 2. The molecule has 1 aliphatic rings. The molecule has 28 heavy (non-hydrogen) atoms.